The number of amides is 1. The van der Waals surface area contributed by atoms with Gasteiger partial charge in [-0.2, -0.15) is 0 Å². The van der Waals surface area contributed by atoms with Crippen molar-refractivity contribution in [1.82, 2.24) is 4.57 Å². The zero-order valence-electron chi connectivity index (χ0n) is 12.9. The quantitative estimate of drug-likeness (QED) is 0.337. The molecule has 0 aliphatic carbocycles. The molecule has 1 amide bonds. The minimum absolute atomic E-state index is 0.0541. The first kappa shape index (κ1) is 16.2. The highest BCUT2D eigenvalue weighted by molar-refractivity contribution is 6.06. The molecule has 0 spiro atoms. The summed E-state index contributed by atoms with van der Waals surface area (Å²) in [6.45, 7) is 3.19. The molecule has 0 saturated heterocycles. The van der Waals surface area contributed by atoms with E-state index in [1.165, 1.54) is 16.8 Å². The summed E-state index contributed by atoms with van der Waals surface area (Å²) in [6, 6.07) is 7.88. The average Bonchev–Trinajstić information content (AvgIpc) is 2.48. The number of nitrogens with zero attached hydrogens (tertiary/aromatic N) is 1. The number of hydrogen-bond acceptors (Lipinski definition) is 5. The molecule has 7 nitrogen and oxygen atoms in total. The number of pyridine rings is 1. The fourth-order valence-corrected chi connectivity index (χ4v) is 2.10. The SMILES string of the molecule is CC(=N)c1cc(NC(=O)c2ccn(C(C)=N)c(=N)c2)ccc1N. The predicted octanol–water partition coefficient (Wildman–Crippen LogP) is 2.04. The Morgan fingerprint density at radius 2 is 1.87 bits per heavy atom. The van der Waals surface area contributed by atoms with Crippen LogP contribution in [0.1, 0.15) is 29.8 Å². The summed E-state index contributed by atoms with van der Waals surface area (Å²) >= 11 is 0. The molecule has 118 valence electrons. The zero-order chi connectivity index (χ0) is 17.1. The van der Waals surface area contributed by atoms with Crippen LogP contribution in [0.4, 0.5) is 11.4 Å². The Morgan fingerprint density at radius 1 is 1.17 bits per heavy atom. The molecule has 0 fully saturated rings. The largest absolute Gasteiger partial charge is 0.398 e. The van der Waals surface area contributed by atoms with Gasteiger partial charge in [-0.15, -0.1) is 0 Å². The lowest BCUT2D eigenvalue weighted by atomic mass is 10.1. The molecule has 0 radical (unpaired) electrons. The lowest BCUT2D eigenvalue weighted by molar-refractivity contribution is 0.102. The lowest BCUT2D eigenvalue weighted by Gasteiger charge is -2.10. The molecule has 0 aliphatic rings. The molecule has 0 unspecified atom stereocenters. The second-order valence-corrected chi connectivity index (χ2v) is 5.14. The first-order valence-electron chi connectivity index (χ1n) is 6.89. The fraction of sp³-hybridized carbons (Fsp3) is 0.125. The molecular weight excluding hydrogens is 292 g/mol. The molecule has 23 heavy (non-hydrogen) atoms. The highest BCUT2D eigenvalue weighted by Gasteiger charge is 2.09. The van der Waals surface area contributed by atoms with Gasteiger partial charge in [0, 0.05) is 34.4 Å². The van der Waals surface area contributed by atoms with Crippen molar-refractivity contribution in [2.24, 2.45) is 0 Å². The van der Waals surface area contributed by atoms with Crippen molar-refractivity contribution in [1.29, 1.82) is 16.2 Å². The third kappa shape index (κ3) is 3.52. The van der Waals surface area contributed by atoms with E-state index in [9.17, 15) is 4.79 Å². The Morgan fingerprint density at radius 3 is 2.43 bits per heavy atom. The van der Waals surface area contributed by atoms with Crippen molar-refractivity contribution in [2.45, 2.75) is 13.8 Å². The molecule has 1 aromatic carbocycles. The van der Waals surface area contributed by atoms with Crippen LogP contribution in [0.3, 0.4) is 0 Å². The van der Waals surface area contributed by atoms with Gasteiger partial charge in [-0.25, -0.2) is 0 Å². The van der Waals surface area contributed by atoms with Gasteiger partial charge in [0.15, 0.2) is 0 Å². The van der Waals surface area contributed by atoms with Crippen LogP contribution in [0.2, 0.25) is 0 Å². The highest BCUT2D eigenvalue weighted by atomic mass is 16.1. The molecule has 7 heteroatoms. The van der Waals surface area contributed by atoms with E-state index >= 15 is 0 Å². The summed E-state index contributed by atoms with van der Waals surface area (Å²) in [5.74, 6) is -0.168. The Bertz CT molecular complexity index is 865. The summed E-state index contributed by atoms with van der Waals surface area (Å²) < 4.78 is 1.36. The number of carbonyl (C=O) groups excluding carboxylic acids is 1. The van der Waals surface area contributed by atoms with Crippen LogP contribution >= 0.6 is 0 Å². The van der Waals surface area contributed by atoms with E-state index in [-0.39, 0.29) is 17.2 Å². The summed E-state index contributed by atoms with van der Waals surface area (Å²) in [4.78, 5) is 12.3. The van der Waals surface area contributed by atoms with Crippen LogP contribution in [0, 0.1) is 16.2 Å². The Hall–Kier alpha value is -3.22. The topological polar surface area (TPSA) is 132 Å². The Kier molecular flexibility index (Phi) is 4.40. The van der Waals surface area contributed by atoms with Crippen LogP contribution in [0.5, 0.6) is 0 Å². The van der Waals surface area contributed by atoms with Gasteiger partial charge < -0.3 is 16.5 Å². The molecule has 2 aromatic rings. The number of carbonyl (C=O) groups is 1. The maximum absolute atomic E-state index is 12.3. The van der Waals surface area contributed by atoms with Gasteiger partial charge in [0.05, 0.1) is 0 Å². The first-order chi connectivity index (χ1) is 10.8. The minimum Gasteiger partial charge on any atom is -0.398 e. The van der Waals surface area contributed by atoms with Crippen LogP contribution in [-0.4, -0.2) is 22.0 Å². The van der Waals surface area contributed by atoms with Crippen molar-refractivity contribution in [3.05, 3.63) is 53.1 Å². The number of aromatic nitrogens is 1. The third-order valence-corrected chi connectivity index (χ3v) is 3.29. The van der Waals surface area contributed by atoms with Crippen LogP contribution in [0.25, 0.3) is 0 Å². The fourth-order valence-electron chi connectivity index (χ4n) is 2.10. The normalized spacial score (nSPS) is 10.2. The third-order valence-electron chi connectivity index (χ3n) is 3.29. The second kappa shape index (κ2) is 6.27. The molecule has 1 aromatic heterocycles. The van der Waals surface area contributed by atoms with Gasteiger partial charge in [-0.1, -0.05) is 0 Å². The minimum atomic E-state index is -0.369. The number of hydrogen-bond donors (Lipinski definition) is 5. The molecule has 0 aliphatic heterocycles. The van der Waals surface area contributed by atoms with Crippen LogP contribution in [0.15, 0.2) is 36.5 Å². The maximum Gasteiger partial charge on any atom is 0.255 e. The average molecular weight is 310 g/mol. The van der Waals surface area contributed by atoms with Gasteiger partial charge in [-0.05, 0) is 44.2 Å². The maximum atomic E-state index is 12.3. The van der Waals surface area contributed by atoms with E-state index in [0.717, 1.165) is 0 Å². The number of nitrogens with two attached hydrogens (primary N) is 1. The van der Waals surface area contributed by atoms with Crippen molar-refractivity contribution in [3.63, 3.8) is 0 Å². The number of benzene rings is 1. The second-order valence-electron chi connectivity index (χ2n) is 5.14. The molecular formula is C16H18N6O. The van der Waals surface area contributed by atoms with E-state index in [1.54, 1.807) is 38.1 Å². The summed E-state index contributed by atoms with van der Waals surface area (Å²) in [6.07, 6.45) is 1.51. The van der Waals surface area contributed by atoms with Gasteiger partial charge in [-0.3, -0.25) is 20.2 Å². The van der Waals surface area contributed by atoms with Crippen molar-refractivity contribution in [2.75, 3.05) is 11.1 Å². The highest BCUT2D eigenvalue weighted by Crippen LogP contribution is 2.18. The van der Waals surface area contributed by atoms with E-state index < -0.39 is 0 Å². The molecule has 1 heterocycles. The molecule has 0 atom stereocenters. The Labute approximate surface area is 133 Å². The standard InChI is InChI=1S/C16H18N6O/c1-9(17)13-8-12(3-4-14(13)19)21-16(23)11-5-6-22(10(2)18)15(20)7-11/h3-8,17-18,20H,19H2,1-2H3,(H,21,23). The number of nitrogens with one attached hydrogen (secondary N) is 4. The smallest absolute Gasteiger partial charge is 0.255 e. The lowest BCUT2D eigenvalue weighted by Crippen LogP contribution is -2.25. The monoisotopic (exact) mass is 310 g/mol. The predicted molar refractivity (Wildman–Crippen MR) is 90.4 cm³/mol. The first-order valence-corrected chi connectivity index (χ1v) is 6.89. The number of nitrogen functional groups attached to an aromatic ring is 1. The van der Waals surface area contributed by atoms with Gasteiger partial charge in [0.1, 0.15) is 11.3 Å². The van der Waals surface area contributed by atoms with Crippen LogP contribution < -0.4 is 16.5 Å². The van der Waals surface area contributed by atoms with E-state index in [1.807, 2.05) is 0 Å². The van der Waals surface area contributed by atoms with Gasteiger partial charge in [0.25, 0.3) is 5.91 Å². The number of anilines is 2. The van der Waals surface area contributed by atoms with E-state index in [0.29, 0.717) is 28.2 Å². The number of rotatable bonds is 3. The Balaban J connectivity index is 2.28. The van der Waals surface area contributed by atoms with Gasteiger partial charge >= 0.3 is 0 Å². The van der Waals surface area contributed by atoms with E-state index in [4.69, 9.17) is 22.0 Å². The van der Waals surface area contributed by atoms with E-state index in [2.05, 4.69) is 5.32 Å². The molecule has 6 N–H and O–H groups in total. The van der Waals surface area contributed by atoms with Crippen molar-refractivity contribution in [3.8, 4) is 0 Å². The van der Waals surface area contributed by atoms with Crippen LogP contribution in [-0.2, 0) is 0 Å². The molecule has 0 saturated carbocycles. The summed E-state index contributed by atoms with van der Waals surface area (Å²) in [5.41, 5.74) is 8.05. The zero-order valence-corrected chi connectivity index (χ0v) is 12.9. The van der Waals surface area contributed by atoms with Gasteiger partial charge in [0.2, 0.25) is 0 Å². The summed E-state index contributed by atoms with van der Waals surface area (Å²) in [7, 11) is 0. The van der Waals surface area contributed by atoms with Crippen molar-refractivity contribution >= 4 is 28.8 Å². The molecule has 0 bridgehead atoms. The van der Waals surface area contributed by atoms with Crippen molar-refractivity contribution < 1.29 is 4.79 Å². The summed E-state index contributed by atoms with van der Waals surface area (Å²) in [5, 5.41) is 25.7. The molecule has 2 rings (SSSR count).